The molecule has 6 heteroatoms. The molecular formula is C34H48O6. The summed E-state index contributed by atoms with van der Waals surface area (Å²) in [6, 6.07) is 10.4. The highest BCUT2D eigenvalue weighted by atomic mass is 16.5. The van der Waals surface area contributed by atoms with E-state index < -0.39 is 0 Å². The number of ketones is 1. The van der Waals surface area contributed by atoms with Crippen molar-refractivity contribution >= 4 is 17.7 Å². The Morgan fingerprint density at radius 2 is 1.82 bits per heavy atom. The molecule has 0 radical (unpaired) electrons. The van der Waals surface area contributed by atoms with Crippen LogP contribution in [0.15, 0.2) is 30.3 Å². The van der Waals surface area contributed by atoms with E-state index in [9.17, 15) is 14.4 Å². The van der Waals surface area contributed by atoms with Gasteiger partial charge in [-0.25, -0.2) is 0 Å². The molecule has 4 saturated carbocycles. The minimum atomic E-state index is -0.223. The molecule has 4 aliphatic carbocycles. The van der Waals surface area contributed by atoms with Crippen LogP contribution in [0.1, 0.15) is 91.0 Å². The lowest BCUT2D eigenvalue weighted by Crippen LogP contribution is -2.63. The van der Waals surface area contributed by atoms with E-state index in [0.29, 0.717) is 55.3 Å². The third-order valence-corrected chi connectivity index (χ3v) is 11.9. The Morgan fingerprint density at radius 1 is 1.07 bits per heavy atom. The van der Waals surface area contributed by atoms with Gasteiger partial charge in [-0.3, -0.25) is 14.4 Å². The maximum atomic E-state index is 12.6. The second-order valence-electron chi connectivity index (χ2n) is 13.8. The van der Waals surface area contributed by atoms with Crippen LogP contribution in [0.5, 0.6) is 0 Å². The molecule has 0 aromatic heterocycles. The Kier molecular flexibility index (Phi) is 8.48. The van der Waals surface area contributed by atoms with E-state index in [-0.39, 0.29) is 46.8 Å². The van der Waals surface area contributed by atoms with Gasteiger partial charge >= 0.3 is 11.9 Å². The molecule has 0 N–H and O–H groups in total. The molecule has 4 fully saturated rings. The van der Waals surface area contributed by atoms with Crippen molar-refractivity contribution in [2.45, 2.75) is 104 Å². The standard InChI is InChI=1S/C34H48O6/c1-21(11-14-31(37)38-5)26-12-13-27-32-28(19-30(34(26,27)4)39-20-23-9-7-6-8-10-23)33(3)16-15-25(36)17-24(33)18-29(32)40-22(2)35/h6-10,21,24,26-30,32H,11-20H2,1-5H3/t21-,24+,26-,27+,28+,29-,30+,32+,33+,34-/m1/s1. The van der Waals surface area contributed by atoms with Crippen LogP contribution in [-0.2, 0) is 35.2 Å². The topological polar surface area (TPSA) is 78.9 Å². The second kappa shape index (κ2) is 11.6. The van der Waals surface area contributed by atoms with Crippen molar-refractivity contribution in [3.8, 4) is 0 Å². The maximum Gasteiger partial charge on any atom is 0.305 e. The van der Waals surface area contributed by atoms with E-state index >= 15 is 0 Å². The maximum absolute atomic E-state index is 12.6. The highest BCUT2D eigenvalue weighted by Crippen LogP contribution is 2.69. The Balaban J connectivity index is 1.51. The summed E-state index contributed by atoms with van der Waals surface area (Å²) in [5.74, 6) is 1.93. The summed E-state index contributed by atoms with van der Waals surface area (Å²) in [5, 5.41) is 0. The summed E-state index contributed by atoms with van der Waals surface area (Å²) in [6.07, 6.45) is 7.16. The third kappa shape index (κ3) is 5.26. The van der Waals surface area contributed by atoms with Gasteiger partial charge in [0.25, 0.3) is 0 Å². The van der Waals surface area contributed by atoms with Gasteiger partial charge in [0.15, 0.2) is 0 Å². The van der Waals surface area contributed by atoms with E-state index in [1.165, 1.54) is 19.6 Å². The number of Topliss-reactive ketones (excluding diaryl/α,β-unsaturated/α-hetero) is 1. The van der Waals surface area contributed by atoms with Gasteiger partial charge < -0.3 is 14.2 Å². The van der Waals surface area contributed by atoms with Crippen molar-refractivity contribution < 1.29 is 28.6 Å². The lowest BCUT2D eigenvalue weighted by molar-refractivity contribution is -0.222. The fourth-order valence-electron chi connectivity index (χ4n) is 9.90. The van der Waals surface area contributed by atoms with E-state index in [4.69, 9.17) is 14.2 Å². The van der Waals surface area contributed by atoms with Crippen LogP contribution >= 0.6 is 0 Å². The summed E-state index contributed by atoms with van der Waals surface area (Å²) < 4.78 is 18.1. The number of fused-ring (bicyclic) bond motifs is 5. The molecular weight excluding hydrogens is 504 g/mol. The largest absolute Gasteiger partial charge is 0.469 e. The number of hydrogen-bond donors (Lipinski definition) is 0. The summed E-state index contributed by atoms with van der Waals surface area (Å²) in [6.45, 7) is 9.22. The molecule has 0 bridgehead atoms. The zero-order valence-electron chi connectivity index (χ0n) is 25.0. The van der Waals surface area contributed by atoms with Crippen LogP contribution in [0.25, 0.3) is 0 Å². The number of methoxy groups -OCH3 is 1. The monoisotopic (exact) mass is 552 g/mol. The van der Waals surface area contributed by atoms with Crippen LogP contribution in [0.4, 0.5) is 0 Å². The predicted molar refractivity (Wildman–Crippen MR) is 152 cm³/mol. The minimum absolute atomic E-state index is 0.0412. The zero-order valence-corrected chi connectivity index (χ0v) is 25.0. The van der Waals surface area contributed by atoms with Crippen LogP contribution in [0, 0.1) is 46.3 Å². The normalized spacial score (nSPS) is 39.4. The van der Waals surface area contributed by atoms with Crippen molar-refractivity contribution in [1.29, 1.82) is 0 Å². The minimum Gasteiger partial charge on any atom is -0.469 e. The Morgan fingerprint density at radius 3 is 2.52 bits per heavy atom. The van der Waals surface area contributed by atoms with Crippen molar-refractivity contribution in [2.75, 3.05) is 7.11 Å². The van der Waals surface area contributed by atoms with Crippen molar-refractivity contribution in [1.82, 2.24) is 0 Å². The fraction of sp³-hybridized carbons (Fsp3) is 0.735. The average Bonchev–Trinajstić information content (AvgIpc) is 3.29. The highest BCUT2D eigenvalue weighted by Gasteiger charge is 2.67. The first-order valence-corrected chi connectivity index (χ1v) is 15.5. The molecule has 1 aromatic carbocycles. The highest BCUT2D eigenvalue weighted by molar-refractivity contribution is 5.79. The molecule has 0 heterocycles. The van der Waals surface area contributed by atoms with E-state index in [2.05, 4.69) is 45.0 Å². The van der Waals surface area contributed by atoms with Gasteiger partial charge in [0.05, 0.1) is 19.8 Å². The summed E-state index contributed by atoms with van der Waals surface area (Å²) in [5.41, 5.74) is 1.11. The number of carbonyl (C=O) groups is 3. The Bertz CT molecular complexity index is 1090. The van der Waals surface area contributed by atoms with Gasteiger partial charge in [0.2, 0.25) is 0 Å². The van der Waals surface area contributed by atoms with Gasteiger partial charge in [0.1, 0.15) is 11.9 Å². The van der Waals surface area contributed by atoms with Crippen molar-refractivity contribution in [3.05, 3.63) is 35.9 Å². The number of carbonyl (C=O) groups excluding carboxylic acids is 3. The molecule has 5 rings (SSSR count). The molecule has 40 heavy (non-hydrogen) atoms. The van der Waals surface area contributed by atoms with Crippen LogP contribution in [0.3, 0.4) is 0 Å². The summed E-state index contributed by atoms with van der Waals surface area (Å²) in [4.78, 5) is 37.0. The lowest BCUT2D eigenvalue weighted by Gasteiger charge is -2.64. The first kappa shape index (κ1) is 29.3. The lowest BCUT2D eigenvalue weighted by atomic mass is 9.43. The first-order valence-electron chi connectivity index (χ1n) is 15.5. The van der Waals surface area contributed by atoms with Gasteiger partial charge in [-0.05, 0) is 79.1 Å². The molecule has 0 saturated heterocycles. The summed E-state index contributed by atoms with van der Waals surface area (Å²) in [7, 11) is 1.46. The van der Waals surface area contributed by atoms with E-state index in [1.807, 2.05) is 6.07 Å². The van der Waals surface area contributed by atoms with Gasteiger partial charge in [0, 0.05) is 37.5 Å². The van der Waals surface area contributed by atoms with E-state index in [0.717, 1.165) is 38.5 Å². The van der Waals surface area contributed by atoms with Crippen molar-refractivity contribution in [3.63, 3.8) is 0 Å². The first-order chi connectivity index (χ1) is 19.1. The molecule has 0 spiro atoms. The quantitative estimate of drug-likeness (QED) is 0.341. The molecule has 4 aliphatic rings. The van der Waals surface area contributed by atoms with Crippen molar-refractivity contribution in [2.24, 2.45) is 46.3 Å². The number of benzene rings is 1. The van der Waals surface area contributed by atoms with Gasteiger partial charge in [-0.1, -0.05) is 51.1 Å². The molecule has 0 amide bonds. The molecule has 0 unspecified atom stereocenters. The molecule has 6 nitrogen and oxygen atoms in total. The zero-order chi connectivity index (χ0) is 28.7. The number of hydrogen-bond acceptors (Lipinski definition) is 6. The Hall–Kier alpha value is -2.21. The molecule has 1 aromatic rings. The molecule has 0 aliphatic heterocycles. The molecule has 10 atom stereocenters. The van der Waals surface area contributed by atoms with Crippen LogP contribution in [0.2, 0.25) is 0 Å². The second-order valence-corrected chi connectivity index (χ2v) is 13.8. The smallest absolute Gasteiger partial charge is 0.305 e. The van der Waals surface area contributed by atoms with E-state index in [1.54, 1.807) is 0 Å². The van der Waals surface area contributed by atoms with Gasteiger partial charge in [-0.2, -0.15) is 0 Å². The van der Waals surface area contributed by atoms with Crippen LogP contribution in [-0.4, -0.2) is 37.0 Å². The molecule has 220 valence electrons. The predicted octanol–water partition coefficient (Wildman–Crippen LogP) is 6.54. The fourth-order valence-corrected chi connectivity index (χ4v) is 9.90. The van der Waals surface area contributed by atoms with Crippen LogP contribution < -0.4 is 0 Å². The van der Waals surface area contributed by atoms with Gasteiger partial charge in [-0.15, -0.1) is 0 Å². The number of ether oxygens (including phenoxy) is 3. The number of esters is 2. The SMILES string of the molecule is COC(=O)CC[C@@H](C)[C@H]1CC[C@H]2[C@@H]3[C@H](OC(C)=O)C[C@@H]4CC(=O)CC[C@]4(C)[C@H]3C[C@H](OCc3ccccc3)[C@]12C. The third-order valence-electron chi connectivity index (χ3n) is 11.9. The average molecular weight is 553 g/mol. The summed E-state index contributed by atoms with van der Waals surface area (Å²) >= 11 is 0. The Labute approximate surface area is 239 Å². The number of rotatable bonds is 8.